The van der Waals surface area contributed by atoms with Gasteiger partial charge in [0.25, 0.3) is 0 Å². The second kappa shape index (κ2) is 6.15. The molecule has 3 heteroatoms. The summed E-state index contributed by atoms with van der Waals surface area (Å²) in [5, 5.41) is 6.21. The first-order valence-electron chi connectivity index (χ1n) is 7.40. The zero-order valence-corrected chi connectivity index (χ0v) is 12.9. The Labute approximate surface area is 125 Å². The fourth-order valence-corrected chi connectivity index (χ4v) is 4.16. The van der Waals surface area contributed by atoms with Gasteiger partial charge in [0.2, 0.25) is 0 Å². The SMILES string of the molecule is CSC1(CNCc2cncc3ccccc23)CCCC1. The molecule has 2 aromatic rings. The van der Waals surface area contributed by atoms with E-state index in [1.807, 2.05) is 24.2 Å². The second-order valence-electron chi connectivity index (χ2n) is 5.72. The maximum atomic E-state index is 4.36. The summed E-state index contributed by atoms with van der Waals surface area (Å²) in [6, 6.07) is 8.49. The molecule has 1 N–H and O–H groups in total. The molecule has 1 saturated carbocycles. The van der Waals surface area contributed by atoms with Gasteiger partial charge in [-0.15, -0.1) is 0 Å². The minimum atomic E-state index is 0.470. The third kappa shape index (κ3) is 2.84. The lowest BCUT2D eigenvalue weighted by Crippen LogP contribution is -2.34. The van der Waals surface area contributed by atoms with Crippen LogP contribution in [-0.4, -0.2) is 22.5 Å². The van der Waals surface area contributed by atoms with E-state index in [9.17, 15) is 0 Å². The summed E-state index contributed by atoms with van der Waals surface area (Å²) in [7, 11) is 0. The second-order valence-corrected chi connectivity index (χ2v) is 6.99. The van der Waals surface area contributed by atoms with E-state index in [1.54, 1.807) is 0 Å². The molecule has 1 heterocycles. The Morgan fingerprint density at radius 2 is 2.00 bits per heavy atom. The smallest absolute Gasteiger partial charge is 0.0346 e. The first-order chi connectivity index (χ1) is 9.83. The summed E-state index contributed by atoms with van der Waals surface area (Å²) in [5.74, 6) is 0. The molecule has 1 aliphatic rings. The molecule has 0 saturated heterocycles. The number of nitrogens with one attached hydrogen (secondary N) is 1. The van der Waals surface area contributed by atoms with E-state index >= 15 is 0 Å². The standard InChI is InChI=1S/C17H22N2S/c1-20-17(8-4-5-9-17)13-19-12-15-11-18-10-14-6-2-3-7-16(14)15/h2-3,6-7,10-11,19H,4-5,8-9,12-13H2,1H3. The van der Waals surface area contributed by atoms with Crippen molar-refractivity contribution in [3.63, 3.8) is 0 Å². The summed E-state index contributed by atoms with van der Waals surface area (Å²) < 4.78 is 0.470. The zero-order valence-electron chi connectivity index (χ0n) is 12.1. The molecule has 0 unspecified atom stereocenters. The van der Waals surface area contributed by atoms with E-state index in [4.69, 9.17) is 0 Å². The van der Waals surface area contributed by atoms with Gasteiger partial charge < -0.3 is 5.32 Å². The Bertz CT molecular complexity index is 571. The van der Waals surface area contributed by atoms with Gasteiger partial charge in [0, 0.05) is 35.6 Å². The van der Waals surface area contributed by atoms with E-state index < -0.39 is 0 Å². The van der Waals surface area contributed by atoms with E-state index in [2.05, 4.69) is 40.8 Å². The molecule has 0 radical (unpaired) electrons. The number of aromatic nitrogens is 1. The highest BCUT2D eigenvalue weighted by molar-refractivity contribution is 8.00. The number of hydrogen-bond donors (Lipinski definition) is 1. The van der Waals surface area contributed by atoms with E-state index in [0.717, 1.165) is 13.1 Å². The summed E-state index contributed by atoms with van der Waals surface area (Å²) >= 11 is 2.04. The average Bonchev–Trinajstić information content (AvgIpc) is 2.97. The number of fused-ring (bicyclic) bond motifs is 1. The molecule has 1 aromatic heterocycles. The molecule has 1 fully saturated rings. The average molecular weight is 286 g/mol. The lowest BCUT2D eigenvalue weighted by Gasteiger charge is -2.27. The summed E-state index contributed by atoms with van der Waals surface area (Å²) in [6.45, 7) is 2.02. The quantitative estimate of drug-likeness (QED) is 0.899. The van der Waals surface area contributed by atoms with Crippen molar-refractivity contribution in [3.05, 3.63) is 42.2 Å². The third-order valence-corrected chi connectivity index (χ3v) is 5.88. The van der Waals surface area contributed by atoms with Crippen LogP contribution in [0, 0.1) is 0 Å². The Hall–Kier alpha value is -1.06. The van der Waals surface area contributed by atoms with Crippen LogP contribution in [0.3, 0.4) is 0 Å². The van der Waals surface area contributed by atoms with Crippen LogP contribution in [0.2, 0.25) is 0 Å². The lowest BCUT2D eigenvalue weighted by molar-refractivity contribution is 0.534. The number of hydrogen-bond acceptors (Lipinski definition) is 3. The molecule has 106 valence electrons. The third-order valence-electron chi connectivity index (χ3n) is 4.46. The van der Waals surface area contributed by atoms with E-state index in [-0.39, 0.29) is 0 Å². The van der Waals surface area contributed by atoms with E-state index in [1.165, 1.54) is 42.0 Å². The number of nitrogens with zero attached hydrogens (tertiary/aromatic N) is 1. The largest absolute Gasteiger partial charge is 0.311 e. The molecule has 0 bridgehead atoms. The maximum Gasteiger partial charge on any atom is 0.0346 e. The molecule has 0 amide bonds. The Balaban J connectivity index is 1.68. The first-order valence-corrected chi connectivity index (χ1v) is 8.63. The van der Waals surface area contributed by atoms with Gasteiger partial charge >= 0.3 is 0 Å². The van der Waals surface area contributed by atoms with E-state index in [0.29, 0.717) is 4.75 Å². The van der Waals surface area contributed by atoms with Gasteiger partial charge in [0.1, 0.15) is 0 Å². The Morgan fingerprint density at radius 1 is 1.20 bits per heavy atom. The van der Waals surface area contributed by atoms with Crippen molar-refractivity contribution < 1.29 is 0 Å². The molecule has 0 atom stereocenters. The number of rotatable bonds is 5. The van der Waals surface area contributed by atoms with Crippen molar-refractivity contribution in [2.75, 3.05) is 12.8 Å². The van der Waals surface area contributed by atoms with Crippen molar-refractivity contribution in [2.45, 2.75) is 37.0 Å². The highest BCUT2D eigenvalue weighted by Crippen LogP contribution is 2.39. The van der Waals surface area contributed by atoms with Crippen molar-refractivity contribution in [1.82, 2.24) is 10.3 Å². The fraction of sp³-hybridized carbons (Fsp3) is 0.471. The van der Waals surface area contributed by atoms with Gasteiger partial charge in [-0.05, 0) is 30.0 Å². The van der Waals surface area contributed by atoms with Crippen LogP contribution in [0.4, 0.5) is 0 Å². The van der Waals surface area contributed by atoms with Crippen LogP contribution < -0.4 is 5.32 Å². The van der Waals surface area contributed by atoms with Crippen LogP contribution in [0.25, 0.3) is 10.8 Å². The fourth-order valence-electron chi connectivity index (χ4n) is 3.22. The molecule has 1 aromatic carbocycles. The lowest BCUT2D eigenvalue weighted by atomic mass is 10.1. The predicted molar refractivity (Wildman–Crippen MR) is 88.2 cm³/mol. The highest BCUT2D eigenvalue weighted by Gasteiger charge is 2.32. The molecule has 20 heavy (non-hydrogen) atoms. The van der Waals surface area contributed by atoms with Crippen molar-refractivity contribution in [2.24, 2.45) is 0 Å². The minimum absolute atomic E-state index is 0.470. The van der Waals surface area contributed by atoms with Crippen molar-refractivity contribution in [3.8, 4) is 0 Å². The summed E-state index contributed by atoms with van der Waals surface area (Å²) in [4.78, 5) is 4.36. The van der Waals surface area contributed by atoms with Gasteiger partial charge in [0.05, 0.1) is 0 Å². The van der Waals surface area contributed by atoms with Gasteiger partial charge in [0.15, 0.2) is 0 Å². The van der Waals surface area contributed by atoms with Gasteiger partial charge in [-0.2, -0.15) is 11.8 Å². The van der Waals surface area contributed by atoms with Crippen molar-refractivity contribution >= 4 is 22.5 Å². The number of benzene rings is 1. The summed E-state index contributed by atoms with van der Waals surface area (Å²) in [6.07, 6.45) is 11.7. The summed E-state index contributed by atoms with van der Waals surface area (Å²) in [5.41, 5.74) is 1.30. The van der Waals surface area contributed by atoms with Crippen LogP contribution in [0.1, 0.15) is 31.2 Å². The molecule has 0 spiro atoms. The Kier molecular flexibility index (Phi) is 4.27. The molecular weight excluding hydrogens is 264 g/mol. The van der Waals surface area contributed by atoms with Crippen LogP contribution in [0.5, 0.6) is 0 Å². The highest BCUT2D eigenvalue weighted by atomic mass is 32.2. The topological polar surface area (TPSA) is 24.9 Å². The minimum Gasteiger partial charge on any atom is -0.311 e. The van der Waals surface area contributed by atoms with Crippen LogP contribution in [-0.2, 0) is 6.54 Å². The maximum absolute atomic E-state index is 4.36. The molecule has 0 aliphatic heterocycles. The van der Waals surface area contributed by atoms with Crippen LogP contribution in [0.15, 0.2) is 36.7 Å². The molecular formula is C17H22N2S. The zero-order chi connectivity index (χ0) is 13.8. The van der Waals surface area contributed by atoms with Crippen molar-refractivity contribution in [1.29, 1.82) is 0 Å². The number of pyridine rings is 1. The first kappa shape index (κ1) is 13.9. The van der Waals surface area contributed by atoms with Gasteiger partial charge in [-0.3, -0.25) is 4.98 Å². The normalized spacial score (nSPS) is 17.6. The van der Waals surface area contributed by atoms with Gasteiger partial charge in [-0.1, -0.05) is 37.1 Å². The Morgan fingerprint density at radius 3 is 2.80 bits per heavy atom. The number of thioether (sulfide) groups is 1. The predicted octanol–water partition coefficient (Wildman–Crippen LogP) is 4.00. The molecule has 1 aliphatic carbocycles. The molecule has 3 rings (SSSR count). The van der Waals surface area contributed by atoms with Gasteiger partial charge in [-0.25, -0.2) is 0 Å². The van der Waals surface area contributed by atoms with Crippen LogP contribution >= 0.6 is 11.8 Å². The molecule has 2 nitrogen and oxygen atoms in total. The monoisotopic (exact) mass is 286 g/mol.